The maximum atomic E-state index is 3.53. The van der Waals surface area contributed by atoms with Gasteiger partial charge in [-0.3, -0.25) is 0 Å². The van der Waals surface area contributed by atoms with Gasteiger partial charge in [-0.05, 0) is 54.3 Å². The molecule has 0 saturated heterocycles. The molecular weight excluding hydrogens is 268 g/mol. The molecule has 2 heteroatoms. The Morgan fingerprint density at radius 2 is 1.55 bits per heavy atom. The molecule has 0 aromatic heterocycles. The van der Waals surface area contributed by atoms with Crippen LogP contribution in [0.5, 0.6) is 0 Å². The van der Waals surface area contributed by atoms with Crippen LogP contribution in [0.15, 0.2) is 78.4 Å². The van der Waals surface area contributed by atoms with Crippen LogP contribution in [0, 0.1) is 11.8 Å². The first-order valence-corrected chi connectivity index (χ1v) is 7.92. The third-order valence-electron chi connectivity index (χ3n) is 4.47. The zero-order valence-electron chi connectivity index (χ0n) is 12.5. The average molecular weight is 288 g/mol. The number of rotatable bonds is 5. The maximum Gasteiger partial charge on any atom is 0.0385 e. The number of hydrogen-bond donors (Lipinski definition) is 2. The summed E-state index contributed by atoms with van der Waals surface area (Å²) in [6, 6.07) is 18.7. The summed E-state index contributed by atoms with van der Waals surface area (Å²) in [7, 11) is 0. The molecule has 0 radical (unpaired) electrons. The van der Waals surface area contributed by atoms with E-state index in [0.717, 1.165) is 17.9 Å². The van der Waals surface area contributed by atoms with Crippen LogP contribution in [0.1, 0.15) is 6.42 Å². The zero-order valence-corrected chi connectivity index (χ0v) is 12.5. The molecule has 0 heterocycles. The summed E-state index contributed by atoms with van der Waals surface area (Å²) in [5.74, 6) is 1.37. The first-order valence-electron chi connectivity index (χ1n) is 7.92. The van der Waals surface area contributed by atoms with E-state index in [4.69, 9.17) is 0 Å². The van der Waals surface area contributed by atoms with Crippen LogP contribution in [0.4, 0.5) is 17.1 Å². The molecule has 0 saturated carbocycles. The fourth-order valence-corrected chi connectivity index (χ4v) is 3.28. The van der Waals surface area contributed by atoms with E-state index in [1.807, 2.05) is 18.2 Å². The molecule has 2 N–H and O–H groups in total. The van der Waals surface area contributed by atoms with E-state index >= 15 is 0 Å². The smallest absolute Gasteiger partial charge is 0.0385 e. The summed E-state index contributed by atoms with van der Waals surface area (Å²) >= 11 is 0. The quantitative estimate of drug-likeness (QED) is 0.759. The van der Waals surface area contributed by atoms with Gasteiger partial charge < -0.3 is 10.6 Å². The van der Waals surface area contributed by atoms with Crippen molar-refractivity contribution in [2.45, 2.75) is 6.42 Å². The molecule has 2 nitrogen and oxygen atoms in total. The summed E-state index contributed by atoms with van der Waals surface area (Å²) in [5.41, 5.74) is 4.94. The normalized spacial score (nSPS) is 21.7. The Morgan fingerprint density at radius 1 is 0.818 bits per heavy atom. The van der Waals surface area contributed by atoms with E-state index in [1.165, 1.54) is 12.1 Å². The van der Waals surface area contributed by atoms with E-state index in [9.17, 15) is 0 Å². The molecule has 2 aromatic carbocycles. The number of para-hydroxylation sites is 1. The first kappa shape index (κ1) is 13.2. The van der Waals surface area contributed by atoms with Crippen LogP contribution < -0.4 is 10.6 Å². The van der Waals surface area contributed by atoms with E-state index < -0.39 is 0 Å². The van der Waals surface area contributed by atoms with Gasteiger partial charge in [-0.15, -0.1) is 0 Å². The molecule has 2 aliphatic carbocycles. The second-order valence-electron chi connectivity index (χ2n) is 6.05. The Balaban J connectivity index is 1.35. The minimum atomic E-state index is 0.677. The summed E-state index contributed by atoms with van der Waals surface area (Å²) in [6.07, 6.45) is 8.40. The van der Waals surface area contributed by atoms with Crippen molar-refractivity contribution in [3.05, 3.63) is 78.4 Å². The van der Waals surface area contributed by atoms with Crippen molar-refractivity contribution >= 4 is 17.1 Å². The van der Waals surface area contributed by atoms with Crippen LogP contribution in [0.25, 0.3) is 0 Å². The molecule has 2 bridgehead atoms. The molecule has 0 aliphatic heterocycles. The summed E-state index contributed by atoms with van der Waals surface area (Å²) in [6.45, 7) is 0.955. The van der Waals surface area contributed by atoms with E-state index in [1.54, 1.807) is 5.57 Å². The minimum absolute atomic E-state index is 0.677. The van der Waals surface area contributed by atoms with Crippen molar-refractivity contribution in [1.29, 1.82) is 0 Å². The number of fused-ring (bicyclic) bond motifs is 2. The predicted molar refractivity (Wildman–Crippen MR) is 93.5 cm³/mol. The van der Waals surface area contributed by atoms with E-state index in [0.29, 0.717) is 11.8 Å². The van der Waals surface area contributed by atoms with Gasteiger partial charge in [0.15, 0.2) is 0 Å². The van der Waals surface area contributed by atoms with Gasteiger partial charge in [0, 0.05) is 29.5 Å². The van der Waals surface area contributed by atoms with Crippen LogP contribution in [-0.4, -0.2) is 6.54 Å². The SMILES string of the molecule is C1=CC2CC1C=C2CNc1ccc(Nc2ccccc2)cc1. The monoisotopic (exact) mass is 288 g/mol. The van der Waals surface area contributed by atoms with E-state index in [-0.39, 0.29) is 0 Å². The van der Waals surface area contributed by atoms with Crippen molar-refractivity contribution in [1.82, 2.24) is 0 Å². The second kappa shape index (κ2) is 5.72. The van der Waals surface area contributed by atoms with Crippen molar-refractivity contribution in [3.8, 4) is 0 Å². The molecule has 2 unspecified atom stereocenters. The van der Waals surface area contributed by atoms with Gasteiger partial charge >= 0.3 is 0 Å². The van der Waals surface area contributed by atoms with Gasteiger partial charge in [-0.1, -0.05) is 36.4 Å². The van der Waals surface area contributed by atoms with Gasteiger partial charge in [0.1, 0.15) is 0 Å². The fraction of sp³-hybridized carbons (Fsp3) is 0.200. The van der Waals surface area contributed by atoms with Crippen molar-refractivity contribution in [3.63, 3.8) is 0 Å². The molecule has 2 aliphatic rings. The highest BCUT2D eigenvalue weighted by molar-refractivity contribution is 5.62. The number of hydrogen-bond acceptors (Lipinski definition) is 2. The van der Waals surface area contributed by atoms with Gasteiger partial charge in [-0.25, -0.2) is 0 Å². The molecule has 0 amide bonds. The first-order chi connectivity index (χ1) is 10.9. The molecule has 4 rings (SSSR count). The van der Waals surface area contributed by atoms with Crippen molar-refractivity contribution in [2.24, 2.45) is 11.8 Å². The number of benzene rings is 2. The molecule has 110 valence electrons. The van der Waals surface area contributed by atoms with Gasteiger partial charge in [0.2, 0.25) is 0 Å². The predicted octanol–water partition coefficient (Wildman–Crippen LogP) is 4.97. The minimum Gasteiger partial charge on any atom is -0.381 e. The Hall–Kier alpha value is -2.48. The largest absolute Gasteiger partial charge is 0.381 e. The Bertz CT molecular complexity index is 698. The number of allylic oxidation sites excluding steroid dienone is 3. The standard InChI is InChI=1S/C20H20N2/c1-2-4-19(5-3-1)22-20-10-8-18(9-11-20)21-14-17-13-15-6-7-16(17)12-15/h1-11,13,15-16,21-22H,12,14H2. The number of anilines is 3. The highest BCUT2D eigenvalue weighted by atomic mass is 14.9. The fourth-order valence-electron chi connectivity index (χ4n) is 3.28. The van der Waals surface area contributed by atoms with Gasteiger partial charge in [0.25, 0.3) is 0 Å². The van der Waals surface area contributed by atoms with Crippen molar-refractivity contribution in [2.75, 3.05) is 17.2 Å². The Labute approximate surface area is 131 Å². The molecule has 22 heavy (non-hydrogen) atoms. The lowest BCUT2D eigenvalue weighted by molar-refractivity contribution is 0.709. The van der Waals surface area contributed by atoms with Crippen LogP contribution in [0.3, 0.4) is 0 Å². The number of nitrogens with one attached hydrogen (secondary N) is 2. The van der Waals surface area contributed by atoms with E-state index in [2.05, 4.69) is 65.3 Å². The Kier molecular flexibility index (Phi) is 3.43. The average Bonchev–Trinajstić information content (AvgIpc) is 3.18. The topological polar surface area (TPSA) is 24.1 Å². The molecule has 2 aromatic rings. The van der Waals surface area contributed by atoms with Crippen LogP contribution >= 0.6 is 0 Å². The summed E-state index contributed by atoms with van der Waals surface area (Å²) in [5, 5.41) is 6.93. The molecule has 2 atom stereocenters. The highest BCUT2D eigenvalue weighted by Crippen LogP contribution is 2.38. The Morgan fingerprint density at radius 3 is 2.23 bits per heavy atom. The lowest BCUT2D eigenvalue weighted by Crippen LogP contribution is -2.08. The van der Waals surface area contributed by atoms with Gasteiger partial charge in [-0.2, -0.15) is 0 Å². The zero-order chi connectivity index (χ0) is 14.8. The third-order valence-corrected chi connectivity index (χ3v) is 4.47. The lowest BCUT2D eigenvalue weighted by atomic mass is 10.0. The molecule has 0 spiro atoms. The summed E-state index contributed by atoms with van der Waals surface area (Å²) < 4.78 is 0. The maximum absolute atomic E-state index is 3.53. The second-order valence-corrected chi connectivity index (χ2v) is 6.05. The van der Waals surface area contributed by atoms with Crippen LogP contribution in [0.2, 0.25) is 0 Å². The molecule has 0 fully saturated rings. The lowest BCUT2D eigenvalue weighted by Gasteiger charge is -2.13. The van der Waals surface area contributed by atoms with Gasteiger partial charge in [0.05, 0.1) is 0 Å². The highest BCUT2D eigenvalue weighted by Gasteiger charge is 2.27. The molecular formula is C20H20N2. The van der Waals surface area contributed by atoms with Crippen molar-refractivity contribution < 1.29 is 0 Å². The van der Waals surface area contributed by atoms with Crippen LogP contribution in [-0.2, 0) is 0 Å². The third kappa shape index (κ3) is 2.77. The summed E-state index contributed by atoms with van der Waals surface area (Å²) in [4.78, 5) is 0.